The van der Waals surface area contributed by atoms with Gasteiger partial charge in [-0.05, 0) is 6.92 Å². The van der Waals surface area contributed by atoms with Crippen LogP contribution < -0.4 is 15.8 Å². The van der Waals surface area contributed by atoms with E-state index in [1.54, 1.807) is 19.3 Å². The van der Waals surface area contributed by atoms with Gasteiger partial charge in [0.05, 0.1) is 18.4 Å². The summed E-state index contributed by atoms with van der Waals surface area (Å²) >= 11 is 1.26. The smallest absolute Gasteiger partial charge is 0.269 e. The number of hydrogen-bond acceptors (Lipinski definition) is 7. The summed E-state index contributed by atoms with van der Waals surface area (Å²) in [6.07, 6.45) is 1.68. The Labute approximate surface area is 115 Å². The van der Waals surface area contributed by atoms with Gasteiger partial charge in [0.2, 0.25) is 0 Å². The average molecular weight is 280 g/mol. The lowest BCUT2D eigenvalue weighted by Gasteiger charge is -2.16. The minimum atomic E-state index is -0.146. The Hall–Kier alpha value is -1.96. The molecule has 1 N–H and O–H groups in total. The molecule has 2 rings (SSSR count). The zero-order valence-corrected chi connectivity index (χ0v) is 11.9. The fraction of sp³-hybridized carbons (Fsp3) is 0.455. The second-order valence-corrected chi connectivity index (χ2v) is 4.78. The normalized spacial score (nSPS) is 10.5. The van der Waals surface area contributed by atoms with E-state index in [9.17, 15) is 4.79 Å². The molecule has 0 aliphatic rings. The van der Waals surface area contributed by atoms with Gasteiger partial charge in [0.25, 0.3) is 5.56 Å². The van der Waals surface area contributed by atoms with E-state index >= 15 is 0 Å². The van der Waals surface area contributed by atoms with Crippen LogP contribution in [-0.4, -0.2) is 40.0 Å². The van der Waals surface area contributed by atoms with Crippen LogP contribution in [0.3, 0.4) is 0 Å². The third-order valence-electron chi connectivity index (χ3n) is 2.85. The van der Waals surface area contributed by atoms with Crippen molar-refractivity contribution in [1.82, 2.24) is 19.4 Å². The van der Waals surface area contributed by atoms with Crippen LogP contribution in [0.15, 0.2) is 17.1 Å². The standard InChI is InChI=1S/C11H16N6OS/c1-4-16(3)8-5-10(18)17(13-6-8)7-9-11(12-2)19-15-14-9/h5-6,12H,4,7H2,1-3H3. The van der Waals surface area contributed by atoms with Crippen LogP contribution in [0.4, 0.5) is 10.7 Å². The number of rotatable bonds is 5. The molecule has 0 aliphatic carbocycles. The first-order valence-corrected chi connectivity index (χ1v) is 6.70. The highest BCUT2D eigenvalue weighted by Gasteiger charge is 2.09. The van der Waals surface area contributed by atoms with Crippen molar-refractivity contribution in [3.05, 3.63) is 28.3 Å². The Morgan fingerprint density at radius 3 is 2.95 bits per heavy atom. The molecule has 0 unspecified atom stereocenters. The van der Waals surface area contributed by atoms with E-state index < -0.39 is 0 Å². The van der Waals surface area contributed by atoms with E-state index in [-0.39, 0.29) is 5.56 Å². The molecule has 0 radical (unpaired) electrons. The summed E-state index contributed by atoms with van der Waals surface area (Å²) in [7, 11) is 3.72. The molecule has 2 aromatic heterocycles. The highest BCUT2D eigenvalue weighted by Crippen LogP contribution is 2.16. The first kappa shape index (κ1) is 13.5. The number of nitrogens with zero attached hydrogens (tertiary/aromatic N) is 5. The van der Waals surface area contributed by atoms with E-state index in [2.05, 4.69) is 20.0 Å². The Morgan fingerprint density at radius 2 is 2.32 bits per heavy atom. The maximum Gasteiger partial charge on any atom is 0.269 e. The molecule has 0 atom stereocenters. The third kappa shape index (κ3) is 2.90. The van der Waals surface area contributed by atoms with Crippen molar-refractivity contribution >= 4 is 22.2 Å². The largest absolute Gasteiger partial charge is 0.377 e. The number of aromatic nitrogens is 4. The van der Waals surface area contributed by atoms with Crippen molar-refractivity contribution in [3.63, 3.8) is 0 Å². The van der Waals surface area contributed by atoms with E-state index in [0.29, 0.717) is 6.54 Å². The summed E-state index contributed by atoms with van der Waals surface area (Å²) in [6, 6.07) is 1.58. The van der Waals surface area contributed by atoms with Crippen LogP contribution in [0.25, 0.3) is 0 Å². The van der Waals surface area contributed by atoms with Gasteiger partial charge < -0.3 is 10.2 Å². The van der Waals surface area contributed by atoms with Gasteiger partial charge in [0.1, 0.15) is 10.7 Å². The predicted molar refractivity (Wildman–Crippen MR) is 76.0 cm³/mol. The van der Waals surface area contributed by atoms with E-state index in [1.807, 2.05) is 18.9 Å². The molecule has 0 fully saturated rings. The van der Waals surface area contributed by atoms with Crippen molar-refractivity contribution in [3.8, 4) is 0 Å². The lowest BCUT2D eigenvalue weighted by atomic mass is 10.4. The molecule has 19 heavy (non-hydrogen) atoms. The monoisotopic (exact) mass is 280 g/mol. The fourth-order valence-corrected chi connectivity index (χ4v) is 2.10. The van der Waals surface area contributed by atoms with Crippen LogP contribution in [0.5, 0.6) is 0 Å². The van der Waals surface area contributed by atoms with Gasteiger partial charge in [-0.25, -0.2) is 4.68 Å². The van der Waals surface area contributed by atoms with Gasteiger partial charge >= 0.3 is 0 Å². The molecule has 0 saturated heterocycles. The van der Waals surface area contributed by atoms with Crippen molar-refractivity contribution in [2.75, 3.05) is 30.9 Å². The maximum absolute atomic E-state index is 12.0. The average Bonchev–Trinajstić information content (AvgIpc) is 2.87. The number of anilines is 2. The summed E-state index contributed by atoms with van der Waals surface area (Å²) in [5.74, 6) is 0. The second-order valence-electron chi connectivity index (χ2n) is 4.02. The van der Waals surface area contributed by atoms with Crippen molar-refractivity contribution in [1.29, 1.82) is 0 Å². The van der Waals surface area contributed by atoms with Gasteiger partial charge in [0, 0.05) is 38.2 Å². The zero-order valence-electron chi connectivity index (χ0n) is 11.1. The first-order valence-electron chi connectivity index (χ1n) is 5.93. The minimum absolute atomic E-state index is 0.146. The second kappa shape index (κ2) is 5.79. The van der Waals surface area contributed by atoms with Gasteiger partial charge in [-0.3, -0.25) is 4.79 Å². The molecule has 0 aliphatic heterocycles. The lowest BCUT2D eigenvalue weighted by molar-refractivity contribution is 0.626. The molecule has 0 bridgehead atoms. The van der Waals surface area contributed by atoms with Gasteiger partial charge in [-0.15, -0.1) is 5.10 Å². The Bertz CT molecular complexity index is 607. The summed E-state index contributed by atoms with van der Waals surface area (Å²) in [5.41, 5.74) is 1.39. The van der Waals surface area contributed by atoms with Gasteiger partial charge in [-0.2, -0.15) is 5.10 Å². The molecule has 0 amide bonds. The Kier molecular flexibility index (Phi) is 4.10. The molecule has 8 heteroatoms. The summed E-state index contributed by atoms with van der Waals surface area (Å²) in [4.78, 5) is 14.0. The summed E-state index contributed by atoms with van der Waals surface area (Å²) in [6.45, 7) is 3.17. The van der Waals surface area contributed by atoms with Gasteiger partial charge in [0.15, 0.2) is 0 Å². The fourth-order valence-electron chi connectivity index (χ4n) is 1.58. The molecular formula is C11H16N6OS. The summed E-state index contributed by atoms with van der Waals surface area (Å²) < 4.78 is 5.24. The van der Waals surface area contributed by atoms with Crippen molar-refractivity contribution in [2.45, 2.75) is 13.5 Å². The van der Waals surface area contributed by atoms with E-state index in [1.165, 1.54) is 16.2 Å². The maximum atomic E-state index is 12.0. The van der Waals surface area contributed by atoms with Crippen LogP contribution in [0, 0.1) is 0 Å². The Balaban J connectivity index is 2.25. The zero-order chi connectivity index (χ0) is 13.8. The lowest BCUT2D eigenvalue weighted by Crippen LogP contribution is -2.26. The minimum Gasteiger partial charge on any atom is -0.377 e. The number of hydrogen-bond donors (Lipinski definition) is 1. The SMILES string of the molecule is CCN(C)c1cnn(Cc2nnsc2NC)c(=O)c1. The molecule has 7 nitrogen and oxygen atoms in total. The first-order chi connectivity index (χ1) is 9.15. The van der Waals surface area contributed by atoms with Crippen LogP contribution in [0.1, 0.15) is 12.6 Å². The number of nitrogens with one attached hydrogen (secondary N) is 1. The molecule has 0 saturated carbocycles. The predicted octanol–water partition coefficient (Wildman–Crippen LogP) is 0.641. The highest BCUT2D eigenvalue weighted by molar-refractivity contribution is 7.10. The molecule has 102 valence electrons. The van der Waals surface area contributed by atoms with E-state index in [4.69, 9.17) is 0 Å². The highest BCUT2D eigenvalue weighted by atomic mass is 32.1. The van der Waals surface area contributed by atoms with Crippen LogP contribution in [0.2, 0.25) is 0 Å². The van der Waals surface area contributed by atoms with Crippen molar-refractivity contribution < 1.29 is 0 Å². The topological polar surface area (TPSA) is 75.9 Å². The third-order valence-corrected chi connectivity index (χ3v) is 3.64. The van der Waals surface area contributed by atoms with Crippen molar-refractivity contribution in [2.24, 2.45) is 0 Å². The van der Waals surface area contributed by atoms with Crippen LogP contribution >= 0.6 is 11.5 Å². The summed E-state index contributed by atoms with van der Waals surface area (Å²) in [5, 5.41) is 12.0. The molecular weight excluding hydrogens is 264 g/mol. The molecule has 0 aromatic carbocycles. The molecule has 2 aromatic rings. The van der Waals surface area contributed by atoms with Crippen LogP contribution in [-0.2, 0) is 6.54 Å². The molecule has 0 spiro atoms. The molecule has 2 heterocycles. The Morgan fingerprint density at radius 1 is 1.53 bits per heavy atom. The van der Waals surface area contributed by atoms with Gasteiger partial charge in [-0.1, -0.05) is 4.49 Å². The quantitative estimate of drug-likeness (QED) is 0.866. The van der Waals surface area contributed by atoms with E-state index in [0.717, 1.165) is 22.9 Å².